The van der Waals surface area contributed by atoms with Gasteiger partial charge in [-0.1, -0.05) is 25.1 Å². The van der Waals surface area contributed by atoms with E-state index in [1.807, 2.05) is 43.3 Å². The summed E-state index contributed by atoms with van der Waals surface area (Å²) in [7, 11) is 3.79. The van der Waals surface area contributed by atoms with Gasteiger partial charge < -0.3 is 26.0 Å². The van der Waals surface area contributed by atoms with Crippen LogP contribution >= 0.6 is 0 Å². The second kappa shape index (κ2) is 8.57. The maximum atomic E-state index is 13.8. The molecule has 38 heavy (non-hydrogen) atoms. The molecule has 0 saturated heterocycles. The minimum Gasteiger partial charge on any atom is -0.507 e. The number of amides is 1. The van der Waals surface area contributed by atoms with Crippen LogP contribution in [0.3, 0.4) is 0 Å². The molecule has 198 valence electrons. The van der Waals surface area contributed by atoms with Crippen molar-refractivity contribution in [2.45, 2.75) is 31.0 Å². The molecule has 0 spiro atoms. The highest BCUT2D eigenvalue weighted by Gasteiger charge is 2.70. The first-order valence-electron chi connectivity index (χ1n) is 12.3. The number of anilines is 1. The average Bonchev–Trinajstić information content (AvgIpc) is 2.86. The average molecular weight is 521 g/mol. The number of primary amides is 1. The third-order valence-electron chi connectivity index (χ3n) is 8.53. The molecular weight excluding hydrogens is 492 g/mol. The van der Waals surface area contributed by atoms with Crippen LogP contribution in [0.15, 0.2) is 36.4 Å². The SMILES string of the molecule is C[C@H]1c2c(-c3ccc(N(C)C)cc3)ccc(O)c2C(=O)C2C(=O)[C@]3(O)C(=O)C(C(N)=O)C(=O)C[C@@H]3[C@@H](O)[C@@H]21. The Labute approximate surface area is 218 Å². The van der Waals surface area contributed by atoms with Crippen molar-refractivity contribution < 1.29 is 39.3 Å². The van der Waals surface area contributed by atoms with Crippen LogP contribution in [0.25, 0.3) is 11.1 Å². The lowest BCUT2D eigenvalue weighted by Crippen LogP contribution is -2.72. The van der Waals surface area contributed by atoms with Crippen molar-refractivity contribution in [2.75, 3.05) is 19.0 Å². The maximum absolute atomic E-state index is 13.8. The van der Waals surface area contributed by atoms with Crippen molar-refractivity contribution in [3.05, 3.63) is 47.5 Å². The quantitative estimate of drug-likeness (QED) is 0.422. The lowest BCUT2D eigenvalue weighted by Gasteiger charge is -2.53. The molecule has 0 bridgehead atoms. The molecule has 0 radical (unpaired) electrons. The maximum Gasteiger partial charge on any atom is 0.235 e. The normalized spacial score (nSPS) is 32.3. The highest BCUT2D eigenvalue weighted by molar-refractivity contribution is 6.31. The molecule has 0 aliphatic heterocycles. The number of nitrogens with zero attached hydrogens (tertiary/aromatic N) is 1. The molecule has 3 aliphatic carbocycles. The van der Waals surface area contributed by atoms with Crippen molar-refractivity contribution in [1.82, 2.24) is 0 Å². The molecule has 2 fully saturated rings. The fraction of sp³-hybridized carbons (Fsp3) is 0.393. The summed E-state index contributed by atoms with van der Waals surface area (Å²) in [4.78, 5) is 67.0. The van der Waals surface area contributed by atoms with Crippen LogP contribution < -0.4 is 10.6 Å². The summed E-state index contributed by atoms with van der Waals surface area (Å²) in [5, 5.41) is 33.5. The van der Waals surface area contributed by atoms with Gasteiger partial charge in [-0.15, -0.1) is 0 Å². The molecule has 5 rings (SSSR count). The number of Topliss-reactive ketones (excluding diaryl/α,β-unsaturated/α-hetero) is 4. The van der Waals surface area contributed by atoms with E-state index in [2.05, 4.69) is 0 Å². The smallest absolute Gasteiger partial charge is 0.235 e. The van der Waals surface area contributed by atoms with Crippen molar-refractivity contribution in [2.24, 2.45) is 29.4 Å². The van der Waals surface area contributed by atoms with Crippen LogP contribution in [0, 0.1) is 23.7 Å². The van der Waals surface area contributed by atoms with Crippen molar-refractivity contribution in [3.63, 3.8) is 0 Å². The Morgan fingerprint density at radius 2 is 1.66 bits per heavy atom. The minimum absolute atomic E-state index is 0.124. The standard InChI is InChI=1S/C28H28N2O8/c1-11-18-14(12-4-6-13(7-5-12)30(2)3)8-9-16(31)20(18)24(34)22-19(11)23(33)15-10-17(32)21(27(29)37)25(35)28(15,38)26(22)36/h4-9,11,15,19,21-23,31,33,38H,10H2,1-3H3,(H2,29,37)/t11-,15+,19+,21?,22?,23+,28+/m0/s1. The fourth-order valence-electron chi connectivity index (χ4n) is 6.63. The third kappa shape index (κ3) is 3.30. The summed E-state index contributed by atoms with van der Waals surface area (Å²) in [6, 6.07) is 10.5. The Morgan fingerprint density at radius 1 is 1.03 bits per heavy atom. The van der Waals surface area contributed by atoms with E-state index in [9.17, 15) is 39.3 Å². The molecule has 10 heteroatoms. The number of ketones is 4. The van der Waals surface area contributed by atoms with Crippen molar-refractivity contribution in [3.8, 4) is 16.9 Å². The number of carbonyl (C=O) groups excluding carboxylic acids is 5. The summed E-state index contributed by atoms with van der Waals surface area (Å²) < 4.78 is 0. The third-order valence-corrected chi connectivity index (χ3v) is 8.53. The molecule has 2 aromatic rings. The Morgan fingerprint density at radius 3 is 2.24 bits per heavy atom. The van der Waals surface area contributed by atoms with Crippen LogP contribution in [0.1, 0.15) is 35.2 Å². The zero-order valence-electron chi connectivity index (χ0n) is 21.0. The lowest BCUT2D eigenvalue weighted by atomic mass is 9.50. The predicted molar refractivity (Wildman–Crippen MR) is 134 cm³/mol. The summed E-state index contributed by atoms with van der Waals surface area (Å²) in [5.74, 6) is -13.1. The van der Waals surface area contributed by atoms with Gasteiger partial charge >= 0.3 is 0 Å². The predicted octanol–water partition coefficient (Wildman–Crippen LogP) is 0.592. The number of aliphatic hydroxyl groups is 2. The van der Waals surface area contributed by atoms with Gasteiger partial charge in [0.15, 0.2) is 34.7 Å². The van der Waals surface area contributed by atoms with Crippen LogP contribution in [0.5, 0.6) is 5.75 Å². The summed E-state index contributed by atoms with van der Waals surface area (Å²) in [6.07, 6.45) is -2.23. The molecule has 5 N–H and O–H groups in total. The van der Waals surface area contributed by atoms with Gasteiger partial charge in [-0.05, 0) is 40.8 Å². The molecule has 0 aromatic heterocycles. The largest absolute Gasteiger partial charge is 0.507 e. The topological polar surface area (TPSA) is 175 Å². The van der Waals surface area contributed by atoms with Crippen LogP contribution in [0.2, 0.25) is 0 Å². The Balaban J connectivity index is 1.67. The molecule has 3 aliphatic rings. The Kier molecular flexibility index (Phi) is 5.81. The van der Waals surface area contributed by atoms with Crippen molar-refractivity contribution in [1.29, 1.82) is 0 Å². The summed E-state index contributed by atoms with van der Waals surface area (Å²) in [5.41, 5.74) is 4.87. The van der Waals surface area contributed by atoms with Crippen LogP contribution in [0.4, 0.5) is 5.69 Å². The first-order chi connectivity index (χ1) is 17.8. The zero-order chi connectivity index (χ0) is 27.8. The second-order valence-electron chi connectivity index (χ2n) is 10.7. The minimum atomic E-state index is -2.93. The highest BCUT2D eigenvalue weighted by atomic mass is 16.3. The van der Waals surface area contributed by atoms with E-state index in [0.717, 1.165) is 11.3 Å². The fourth-order valence-corrected chi connectivity index (χ4v) is 6.63. The van der Waals surface area contributed by atoms with Gasteiger partial charge in [0.1, 0.15) is 5.75 Å². The Bertz CT molecular complexity index is 1410. The summed E-state index contributed by atoms with van der Waals surface area (Å²) >= 11 is 0. The number of nitrogens with two attached hydrogens (primary N) is 1. The number of benzene rings is 2. The van der Waals surface area contributed by atoms with Gasteiger partial charge in [0.25, 0.3) is 0 Å². The van der Waals surface area contributed by atoms with Gasteiger partial charge in [-0.2, -0.15) is 0 Å². The summed E-state index contributed by atoms with van der Waals surface area (Å²) in [6.45, 7) is 1.69. The Hall–Kier alpha value is -3.89. The number of hydrogen-bond acceptors (Lipinski definition) is 9. The van der Waals surface area contributed by atoms with Gasteiger partial charge in [0.05, 0.1) is 17.6 Å². The van der Waals surface area contributed by atoms with E-state index in [-0.39, 0.29) is 11.3 Å². The van der Waals surface area contributed by atoms with Gasteiger partial charge in [-0.25, -0.2) is 0 Å². The van der Waals surface area contributed by atoms with Gasteiger partial charge in [0, 0.05) is 38.0 Å². The van der Waals surface area contributed by atoms with Crippen LogP contribution in [-0.2, 0) is 19.2 Å². The molecule has 2 saturated carbocycles. The van der Waals surface area contributed by atoms with E-state index in [4.69, 9.17) is 5.73 Å². The van der Waals surface area contributed by atoms with E-state index in [1.54, 1.807) is 13.0 Å². The van der Waals surface area contributed by atoms with E-state index in [0.29, 0.717) is 11.1 Å². The molecule has 7 atom stereocenters. The molecule has 2 unspecified atom stereocenters. The zero-order valence-corrected chi connectivity index (χ0v) is 21.0. The highest BCUT2D eigenvalue weighted by Crippen LogP contribution is 2.55. The van der Waals surface area contributed by atoms with Gasteiger partial charge in [0.2, 0.25) is 5.91 Å². The molecule has 10 nitrogen and oxygen atoms in total. The van der Waals surface area contributed by atoms with Gasteiger partial charge in [-0.3, -0.25) is 24.0 Å². The number of hydrogen-bond donors (Lipinski definition) is 4. The van der Waals surface area contributed by atoms with E-state index in [1.165, 1.54) is 6.07 Å². The second-order valence-corrected chi connectivity index (χ2v) is 10.7. The number of fused-ring (bicyclic) bond motifs is 3. The van der Waals surface area contributed by atoms with Crippen molar-refractivity contribution >= 4 is 34.7 Å². The number of carbonyl (C=O) groups is 5. The monoisotopic (exact) mass is 520 g/mol. The molecule has 2 aromatic carbocycles. The lowest BCUT2D eigenvalue weighted by molar-refractivity contribution is -0.189. The molecule has 1 amide bonds. The first-order valence-corrected chi connectivity index (χ1v) is 12.3. The number of rotatable bonds is 3. The number of phenols is 1. The van der Waals surface area contributed by atoms with E-state index < -0.39 is 76.8 Å². The number of aliphatic hydroxyl groups excluding tert-OH is 1. The van der Waals surface area contributed by atoms with E-state index >= 15 is 0 Å². The molecule has 0 heterocycles. The molecular formula is C28H28N2O8. The number of aromatic hydroxyl groups is 1. The first kappa shape index (κ1) is 25.7. The number of phenolic OH excluding ortho intramolecular Hbond substituents is 1. The van der Waals surface area contributed by atoms with Crippen LogP contribution in [-0.4, -0.2) is 70.2 Å².